The van der Waals surface area contributed by atoms with Gasteiger partial charge in [-0.05, 0) is 6.92 Å². The van der Waals surface area contributed by atoms with Gasteiger partial charge in [0.2, 0.25) is 0 Å². The van der Waals surface area contributed by atoms with Gasteiger partial charge in [-0.1, -0.05) is 0 Å². The molecule has 1 aliphatic rings. The fourth-order valence-electron chi connectivity index (χ4n) is 2.67. The SMILES string of the molecule is CCOC(=O)N1CCN(Cc2nc3c(cnn3C)c(=O)[nH]2)CC1. The van der Waals surface area contributed by atoms with Gasteiger partial charge in [0.15, 0.2) is 5.65 Å². The van der Waals surface area contributed by atoms with Gasteiger partial charge in [-0.15, -0.1) is 0 Å². The molecule has 1 fully saturated rings. The van der Waals surface area contributed by atoms with Crippen molar-refractivity contribution >= 4 is 17.1 Å². The molecule has 2 aromatic rings. The third kappa shape index (κ3) is 3.19. The van der Waals surface area contributed by atoms with Crippen molar-refractivity contribution in [2.75, 3.05) is 32.8 Å². The predicted octanol–water partition coefficient (Wildman–Crippen LogP) is -0.0693. The van der Waals surface area contributed by atoms with Crippen LogP contribution in [0.3, 0.4) is 0 Å². The Balaban J connectivity index is 1.66. The Bertz CT molecular complexity index is 759. The summed E-state index contributed by atoms with van der Waals surface area (Å²) in [5.41, 5.74) is 0.400. The van der Waals surface area contributed by atoms with E-state index in [0.717, 1.165) is 0 Å². The number of H-pyrrole nitrogens is 1. The maximum Gasteiger partial charge on any atom is 0.409 e. The van der Waals surface area contributed by atoms with E-state index >= 15 is 0 Å². The van der Waals surface area contributed by atoms with Crippen molar-refractivity contribution in [3.8, 4) is 0 Å². The molecule has 1 aliphatic heterocycles. The Morgan fingerprint density at radius 3 is 2.78 bits per heavy atom. The van der Waals surface area contributed by atoms with E-state index < -0.39 is 0 Å². The van der Waals surface area contributed by atoms with E-state index in [2.05, 4.69) is 20.0 Å². The van der Waals surface area contributed by atoms with Crippen LogP contribution in [0.1, 0.15) is 12.7 Å². The van der Waals surface area contributed by atoms with E-state index in [1.54, 1.807) is 23.6 Å². The summed E-state index contributed by atoms with van der Waals surface area (Å²) in [6, 6.07) is 0. The molecule has 0 spiro atoms. The molecule has 0 radical (unpaired) electrons. The molecule has 3 heterocycles. The fourth-order valence-corrected chi connectivity index (χ4v) is 2.67. The van der Waals surface area contributed by atoms with Crippen molar-refractivity contribution < 1.29 is 9.53 Å². The summed E-state index contributed by atoms with van der Waals surface area (Å²) in [6.07, 6.45) is 1.25. The molecule has 1 saturated heterocycles. The monoisotopic (exact) mass is 320 g/mol. The second-order valence-electron chi connectivity index (χ2n) is 5.48. The number of carbonyl (C=O) groups excluding carboxylic acids is 1. The number of hydrogen-bond acceptors (Lipinski definition) is 6. The van der Waals surface area contributed by atoms with Crippen LogP contribution in [0.4, 0.5) is 4.79 Å². The molecule has 0 aromatic carbocycles. The predicted molar refractivity (Wildman–Crippen MR) is 83.0 cm³/mol. The van der Waals surface area contributed by atoms with Crippen LogP contribution in [-0.4, -0.2) is 68.4 Å². The van der Waals surface area contributed by atoms with E-state index in [4.69, 9.17) is 4.74 Å². The number of amides is 1. The molecular weight excluding hydrogens is 300 g/mol. The number of carbonyl (C=O) groups is 1. The number of aryl methyl sites for hydroxylation is 1. The Hall–Kier alpha value is -2.42. The van der Waals surface area contributed by atoms with Crippen molar-refractivity contribution in [3.63, 3.8) is 0 Å². The molecule has 0 unspecified atom stereocenters. The first-order valence-electron chi connectivity index (χ1n) is 7.63. The summed E-state index contributed by atoms with van der Waals surface area (Å²) < 4.78 is 6.59. The third-order valence-corrected chi connectivity index (χ3v) is 3.92. The van der Waals surface area contributed by atoms with Crippen LogP contribution < -0.4 is 5.56 Å². The van der Waals surface area contributed by atoms with E-state index in [9.17, 15) is 9.59 Å². The zero-order valence-corrected chi connectivity index (χ0v) is 13.3. The average Bonchev–Trinajstić information content (AvgIpc) is 2.90. The van der Waals surface area contributed by atoms with Crippen LogP contribution in [0.15, 0.2) is 11.0 Å². The lowest BCUT2D eigenvalue weighted by Gasteiger charge is -2.33. The first-order chi connectivity index (χ1) is 11.1. The minimum atomic E-state index is -0.269. The minimum Gasteiger partial charge on any atom is -0.450 e. The van der Waals surface area contributed by atoms with Crippen LogP contribution in [0.5, 0.6) is 0 Å². The molecule has 3 rings (SSSR count). The highest BCUT2D eigenvalue weighted by Gasteiger charge is 2.22. The van der Waals surface area contributed by atoms with Crippen LogP contribution in [0.25, 0.3) is 11.0 Å². The van der Waals surface area contributed by atoms with Crippen molar-refractivity contribution in [1.29, 1.82) is 0 Å². The zero-order chi connectivity index (χ0) is 16.4. The normalized spacial score (nSPS) is 16.0. The summed E-state index contributed by atoms with van der Waals surface area (Å²) in [7, 11) is 1.76. The Morgan fingerprint density at radius 2 is 2.09 bits per heavy atom. The topological polar surface area (TPSA) is 96.3 Å². The maximum absolute atomic E-state index is 12.0. The summed E-state index contributed by atoms with van der Waals surface area (Å²) >= 11 is 0. The van der Waals surface area contributed by atoms with Gasteiger partial charge in [0, 0.05) is 33.2 Å². The number of ether oxygens (including phenoxy) is 1. The number of nitrogens with zero attached hydrogens (tertiary/aromatic N) is 5. The fraction of sp³-hybridized carbons (Fsp3) is 0.571. The second-order valence-corrected chi connectivity index (χ2v) is 5.48. The molecule has 0 bridgehead atoms. The van der Waals surface area contributed by atoms with Gasteiger partial charge in [0.05, 0.1) is 19.3 Å². The van der Waals surface area contributed by atoms with E-state index in [1.165, 1.54) is 6.20 Å². The Kier molecular flexibility index (Phi) is 4.28. The number of piperazine rings is 1. The van der Waals surface area contributed by atoms with Crippen LogP contribution in [-0.2, 0) is 18.3 Å². The maximum atomic E-state index is 12.0. The zero-order valence-electron chi connectivity index (χ0n) is 13.3. The van der Waals surface area contributed by atoms with E-state index in [0.29, 0.717) is 56.2 Å². The number of hydrogen-bond donors (Lipinski definition) is 1. The summed E-state index contributed by atoms with van der Waals surface area (Å²) in [6.45, 7) is 5.36. The van der Waals surface area contributed by atoms with E-state index in [-0.39, 0.29) is 11.7 Å². The van der Waals surface area contributed by atoms with Crippen molar-refractivity contribution in [3.05, 3.63) is 22.4 Å². The molecule has 124 valence electrons. The number of aromatic amines is 1. The van der Waals surface area contributed by atoms with Gasteiger partial charge in [0.25, 0.3) is 5.56 Å². The number of fused-ring (bicyclic) bond motifs is 1. The molecule has 2 aromatic heterocycles. The standard InChI is InChI=1S/C14H20N6O3/c1-3-23-14(22)20-6-4-19(5-7-20)9-11-16-12-10(13(21)17-11)8-15-18(12)2/h8H,3-7,9H2,1-2H3,(H,16,17,21). The van der Waals surface area contributed by atoms with Gasteiger partial charge in [-0.2, -0.15) is 5.10 Å². The number of aromatic nitrogens is 4. The Labute approximate surface area is 132 Å². The highest BCUT2D eigenvalue weighted by atomic mass is 16.6. The summed E-state index contributed by atoms with van der Waals surface area (Å²) in [5, 5.41) is 4.54. The number of rotatable bonds is 3. The largest absolute Gasteiger partial charge is 0.450 e. The lowest BCUT2D eigenvalue weighted by Crippen LogP contribution is -2.48. The minimum absolute atomic E-state index is 0.178. The molecule has 9 heteroatoms. The van der Waals surface area contributed by atoms with Crippen molar-refractivity contribution in [1.82, 2.24) is 29.5 Å². The highest BCUT2D eigenvalue weighted by Crippen LogP contribution is 2.09. The third-order valence-electron chi connectivity index (χ3n) is 3.92. The molecule has 9 nitrogen and oxygen atoms in total. The molecule has 1 N–H and O–H groups in total. The van der Waals surface area contributed by atoms with Crippen LogP contribution >= 0.6 is 0 Å². The van der Waals surface area contributed by atoms with Gasteiger partial charge < -0.3 is 14.6 Å². The summed E-state index contributed by atoms with van der Waals surface area (Å²) in [4.78, 5) is 34.8. The highest BCUT2D eigenvalue weighted by molar-refractivity contribution is 5.72. The molecule has 1 amide bonds. The first kappa shape index (κ1) is 15.5. The lowest BCUT2D eigenvalue weighted by molar-refractivity contribution is 0.0772. The van der Waals surface area contributed by atoms with Gasteiger partial charge in [-0.3, -0.25) is 14.4 Å². The van der Waals surface area contributed by atoms with Crippen LogP contribution in [0, 0.1) is 0 Å². The van der Waals surface area contributed by atoms with Crippen LogP contribution in [0.2, 0.25) is 0 Å². The smallest absolute Gasteiger partial charge is 0.409 e. The molecule has 23 heavy (non-hydrogen) atoms. The second kappa shape index (κ2) is 6.37. The molecule has 0 atom stereocenters. The van der Waals surface area contributed by atoms with Gasteiger partial charge >= 0.3 is 6.09 Å². The van der Waals surface area contributed by atoms with E-state index in [1.807, 2.05) is 0 Å². The summed E-state index contributed by atoms with van der Waals surface area (Å²) in [5.74, 6) is 0.607. The number of nitrogens with one attached hydrogen (secondary N) is 1. The quantitative estimate of drug-likeness (QED) is 0.850. The molecular formula is C14H20N6O3. The Morgan fingerprint density at radius 1 is 1.35 bits per heavy atom. The average molecular weight is 320 g/mol. The van der Waals surface area contributed by atoms with Gasteiger partial charge in [0.1, 0.15) is 11.2 Å². The molecule has 0 aliphatic carbocycles. The van der Waals surface area contributed by atoms with Gasteiger partial charge in [-0.25, -0.2) is 9.78 Å². The first-order valence-corrected chi connectivity index (χ1v) is 7.63. The van der Waals surface area contributed by atoms with Crippen molar-refractivity contribution in [2.24, 2.45) is 7.05 Å². The molecule has 0 saturated carbocycles. The lowest BCUT2D eigenvalue weighted by atomic mass is 10.3. The van der Waals surface area contributed by atoms with Crippen molar-refractivity contribution in [2.45, 2.75) is 13.5 Å².